The third kappa shape index (κ3) is 3.58. The van der Waals surface area contributed by atoms with Crippen LogP contribution in [-0.4, -0.2) is 25.2 Å². The van der Waals surface area contributed by atoms with Crippen LogP contribution in [0.3, 0.4) is 0 Å². The van der Waals surface area contributed by atoms with E-state index in [-0.39, 0.29) is 30.1 Å². The van der Waals surface area contributed by atoms with E-state index >= 15 is 0 Å². The van der Waals surface area contributed by atoms with Crippen molar-refractivity contribution in [1.82, 2.24) is 0 Å². The minimum absolute atomic E-state index is 0. The van der Waals surface area contributed by atoms with Gasteiger partial charge in [0, 0.05) is 12.2 Å². The normalized spacial score (nSPS) is 18.2. The van der Waals surface area contributed by atoms with E-state index in [0.29, 0.717) is 12.2 Å². The van der Waals surface area contributed by atoms with Crippen LogP contribution in [0.2, 0.25) is 0 Å². The van der Waals surface area contributed by atoms with Crippen molar-refractivity contribution in [2.45, 2.75) is 18.9 Å². The Morgan fingerprint density at radius 3 is 2.89 bits per heavy atom. The molecule has 18 heavy (non-hydrogen) atoms. The number of nitrogen functional groups attached to an aromatic ring is 1. The molecule has 1 aliphatic rings. The van der Waals surface area contributed by atoms with Gasteiger partial charge in [-0.3, -0.25) is 5.41 Å². The maximum absolute atomic E-state index is 13.6. The Kier molecular flexibility index (Phi) is 5.37. The number of rotatable bonds is 4. The maximum Gasteiger partial charge on any atom is 0.165 e. The van der Waals surface area contributed by atoms with Crippen LogP contribution < -0.4 is 10.5 Å². The number of hydrogen-bond acceptors (Lipinski definition) is 3. The lowest BCUT2D eigenvalue weighted by molar-refractivity contribution is 0.0666. The van der Waals surface area contributed by atoms with Crippen molar-refractivity contribution >= 4 is 18.2 Å². The summed E-state index contributed by atoms with van der Waals surface area (Å²) in [6.45, 7) is 1.11. The highest BCUT2D eigenvalue weighted by Gasteiger charge is 2.17. The van der Waals surface area contributed by atoms with Gasteiger partial charge in [0.05, 0.1) is 6.10 Å². The van der Waals surface area contributed by atoms with E-state index in [4.69, 9.17) is 20.6 Å². The largest absolute Gasteiger partial charge is 0.488 e. The van der Waals surface area contributed by atoms with E-state index in [2.05, 4.69) is 0 Å². The van der Waals surface area contributed by atoms with Gasteiger partial charge in [-0.2, -0.15) is 0 Å². The van der Waals surface area contributed by atoms with Crippen LogP contribution in [0.25, 0.3) is 0 Å². The summed E-state index contributed by atoms with van der Waals surface area (Å²) >= 11 is 0. The van der Waals surface area contributed by atoms with E-state index in [1.165, 1.54) is 12.1 Å². The smallest absolute Gasteiger partial charge is 0.165 e. The van der Waals surface area contributed by atoms with Gasteiger partial charge in [0.1, 0.15) is 12.4 Å². The maximum atomic E-state index is 13.6. The first-order chi connectivity index (χ1) is 8.16. The highest BCUT2D eigenvalue weighted by molar-refractivity contribution is 5.95. The molecule has 1 fully saturated rings. The number of nitrogens with one attached hydrogen (secondary N) is 1. The zero-order valence-corrected chi connectivity index (χ0v) is 10.6. The van der Waals surface area contributed by atoms with Gasteiger partial charge < -0.3 is 15.2 Å². The van der Waals surface area contributed by atoms with Crippen molar-refractivity contribution in [2.24, 2.45) is 5.73 Å². The summed E-state index contributed by atoms with van der Waals surface area (Å²) in [6.07, 6.45) is 2.04. The fourth-order valence-corrected chi connectivity index (χ4v) is 1.74. The topological polar surface area (TPSA) is 68.3 Å². The lowest BCUT2D eigenvalue weighted by Crippen LogP contribution is -2.17. The SMILES string of the molecule is Cl.N=C(N)c1ccc(OCC2CCCO2)c(F)c1. The Hall–Kier alpha value is -1.33. The summed E-state index contributed by atoms with van der Waals surface area (Å²) in [7, 11) is 0. The molecule has 100 valence electrons. The molecule has 0 radical (unpaired) electrons. The van der Waals surface area contributed by atoms with Gasteiger partial charge in [-0.1, -0.05) is 0 Å². The Labute approximate surface area is 111 Å². The van der Waals surface area contributed by atoms with Crippen molar-refractivity contribution in [3.63, 3.8) is 0 Å². The third-order valence-electron chi connectivity index (χ3n) is 2.69. The summed E-state index contributed by atoms with van der Waals surface area (Å²) in [5.74, 6) is -0.490. The van der Waals surface area contributed by atoms with Crippen molar-refractivity contribution in [2.75, 3.05) is 13.2 Å². The van der Waals surface area contributed by atoms with Crippen molar-refractivity contribution < 1.29 is 13.9 Å². The first-order valence-electron chi connectivity index (χ1n) is 5.55. The van der Waals surface area contributed by atoms with Gasteiger partial charge in [0.2, 0.25) is 0 Å². The second-order valence-corrected chi connectivity index (χ2v) is 4.00. The molecule has 0 amide bonds. The number of benzene rings is 1. The molecule has 1 unspecified atom stereocenters. The lowest BCUT2D eigenvalue weighted by Gasteiger charge is -2.12. The minimum Gasteiger partial charge on any atom is -0.488 e. The standard InChI is InChI=1S/C12H15FN2O2.ClH/c13-10-6-8(12(14)15)3-4-11(10)17-7-9-2-1-5-16-9;/h3-4,6,9H,1-2,5,7H2,(H3,14,15);1H. The second kappa shape index (κ2) is 6.56. The monoisotopic (exact) mass is 274 g/mol. The predicted molar refractivity (Wildman–Crippen MR) is 69.1 cm³/mol. The number of halogens is 2. The second-order valence-electron chi connectivity index (χ2n) is 4.00. The van der Waals surface area contributed by atoms with E-state index < -0.39 is 5.82 Å². The number of amidine groups is 1. The molecule has 1 aromatic rings. The summed E-state index contributed by atoms with van der Waals surface area (Å²) in [5.41, 5.74) is 5.62. The molecule has 1 saturated heterocycles. The summed E-state index contributed by atoms with van der Waals surface area (Å²) in [6, 6.07) is 4.25. The number of ether oxygens (including phenoxy) is 2. The van der Waals surface area contributed by atoms with Crippen LogP contribution in [0.15, 0.2) is 18.2 Å². The van der Waals surface area contributed by atoms with Gasteiger partial charge in [-0.05, 0) is 31.0 Å². The third-order valence-corrected chi connectivity index (χ3v) is 2.69. The Bertz CT molecular complexity index is 423. The first-order valence-corrected chi connectivity index (χ1v) is 5.55. The van der Waals surface area contributed by atoms with Crippen LogP contribution in [0.4, 0.5) is 4.39 Å². The van der Waals surface area contributed by atoms with E-state index in [0.717, 1.165) is 19.4 Å². The van der Waals surface area contributed by atoms with Gasteiger partial charge in [-0.15, -0.1) is 12.4 Å². The van der Waals surface area contributed by atoms with Crippen LogP contribution >= 0.6 is 12.4 Å². The Balaban J connectivity index is 0.00000162. The summed E-state index contributed by atoms with van der Waals surface area (Å²) < 4.78 is 24.3. The van der Waals surface area contributed by atoms with Crippen LogP contribution in [-0.2, 0) is 4.74 Å². The van der Waals surface area contributed by atoms with Crippen LogP contribution in [0.1, 0.15) is 18.4 Å². The zero-order chi connectivity index (χ0) is 12.3. The molecule has 6 heteroatoms. The van der Waals surface area contributed by atoms with Gasteiger partial charge in [0.15, 0.2) is 11.6 Å². The molecule has 1 heterocycles. The molecular formula is C12H16ClFN2O2. The molecule has 0 aliphatic carbocycles. The highest BCUT2D eigenvalue weighted by Crippen LogP contribution is 2.20. The molecule has 0 saturated carbocycles. The minimum atomic E-state index is -0.504. The van der Waals surface area contributed by atoms with Gasteiger partial charge in [-0.25, -0.2) is 4.39 Å². The molecule has 2 rings (SSSR count). The molecule has 4 nitrogen and oxygen atoms in total. The van der Waals surface area contributed by atoms with E-state index in [9.17, 15) is 4.39 Å². The van der Waals surface area contributed by atoms with Crippen LogP contribution in [0, 0.1) is 11.2 Å². The average Bonchev–Trinajstić information content (AvgIpc) is 2.80. The summed E-state index contributed by atoms with van der Waals surface area (Å²) in [4.78, 5) is 0. The molecule has 0 spiro atoms. The van der Waals surface area contributed by atoms with E-state index in [1.807, 2.05) is 0 Å². The Morgan fingerprint density at radius 2 is 2.33 bits per heavy atom. The van der Waals surface area contributed by atoms with Crippen molar-refractivity contribution in [3.05, 3.63) is 29.6 Å². The fraction of sp³-hybridized carbons (Fsp3) is 0.417. The van der Waals surface area contributed by atoms with Crippen molar-refractivity contribution in [1.29, 1.82) is 5.41 Å². The first kappa shape index (κ1) is 14.7. The molecule has 1 aromatic carbocycles. The quantitative estimate of drug-likeness (QED) is 0.652. The van der Waals surface area contributed by atoms with Crippen LogP contribution in [0.5, 0.6) is 5.75 Å². The molecule has 0 aromatic heterocycles. The van der Waals surface area contributed by atoms with E-state index in [1.54, 1.807) is 6.07 Å². The molecule has 0 bridgehead atoms. The molecule has 1 aliphatic heterocycles. The van der Waals surface area contributed by atoms with Gasteiger partial charge in [0.25, 0.3) is 0 Å². The van der Waals surface area contributed by atoms with Gasteiger partial charge >= 0.3 is 0 Å². The molecule has 3 N–H and O–H groups in total. The lowest BCUT2D eigenvalue weighted by atomic mass is 10.2. The van der Waals surface area contributed by atoms with Crippen molar-refractivity contribution in [3.8, 4) is 5.75 Å². The predicted octanol–water partition coefficient (Wildman–Crippen LogP) is 2.09. The zero-order valence-electron chi connectivity index (χ0n) is 9.82. The molecular weight excluding hydrogens is 259 g/mol. The number of hydrogen-bond donors (Lipinski definition) is 2. The fourth-order valence-electron chi connectivity index (χ4n) is 1.74. The summed E-state index contributed by atoms with van der Waals surface area (Å²) in [5, 5.41) is 7.19. The number of nitrogens with two attached hydrogens (primary N) is 1. The Morgan fingerprint density at radius 1 is 1.56 bits per heavy atom. The highest BCUT2D eigenvalue weighted by atomic mass is 35.5. The molecule has 1 atom stereocenters. The average molecular weight is 275 g/mol.